The van der Waals surface area contributed by atoms with Gasteiger partial charge in [-0.1, -0.05) is 0 Å². The molecule has 0 heterocycles. The van der Waals surface area contributed by atoms with E-state index in [1.165, 1.54) is 21.3 Å². The molecule has 0 aliphatic carbocycles. The van der Waals surface area contributed by atoms with Gasteiger partial charge in [-0.3, -0.25) is 14.4 Å². The number of ether oxygens (including phenoxy) is 1. The van der Waals surface area contributed by atoms with Gasteiger partial charge in [-0.2, -0.15) is 0 Å². The van der Waals surface area contributed by atoms with Gasteiger partial charge in [0.05, 0.1) is 26.7 Å². The standard InChI is InChI=1S/C7H14N2O4/c1-9(13-3)7(11)5(8)4-6(10)12-2/h5H,4,8H2,1-3H3/t5-/m0/s1. The molecule has 0 spiro atoms. The average Bonchev–Trinajstić information content (AvgIpc) is 2.14. The predicted molar refractivity (Wildman–Crippen MR) is 44.4 cm³/mol. The zero-order valence-electron chi connectivity index (χ0n) is 7.94. The minimum absolute atomic E-state index is 0.150. The van der Waals surface area contributed by atoms with Crippen LogP contribution in [-0.4, -0.2) is 44.2 Å². The van der Waals surface area contributed by atoms with Gasteiger partial charge < -0.3 is 10.5 Å². The molecule has 76 valence electrons. The molecular weight excluding hydrogens is 176 g/mol. The van der Waals surface area contributed by atoms with Crippen LogP contribution in [0.4, 0.5) is 0 Å². The van der Waals surface area contributed by atoms with E-state index >= 15 is 0 Å². The summed E-state index contributed by atoms with van der Waals surface area (Å²) in [6.45, 7) is 0. The average molecular weight is 190 g/mol. The molecular formula is C7H14N2O4. The first kappa shape index (κ1) is 11.9. The van der Waals surface area contributed by atoms with Crippen molar-refractivity contribution < 1.29 is 19.2 Å². The van der Waals surface area contributed by atoms with Crippen molar-refractivity contribution in [2.24, 2.45) is 5.73 Å². The smallest absolute Gasteiger partial charge is 0.307 e. The molecule has 6 nitrogen and oxygen atoms in total. The molecule has 0 saturated carbocycles. The number of nitrogens with two attached hydrogens (primary N) is 1. The summed E-state index contributed by atoms with van der Waals surface area (Å²) >= 11 is 0. The van der Waals surface area contributed by atoms with Crippen LogP contribution in [0.2, 0.25) is 0 Å². The first-order chi connectivity index (χ1) is 6.02. The minimum Gasteiger partial charge on any atom is -0.469 e. The van der Waals surface area contributed by atoms with E-state index in [0.717, 1.165) is 5.06 Å². The maximum atomic E-state index is 11.2. The van der Waals surface area contributed by atoms with Crippen LogP contribution in [0, 0.1) is 0 Å². The number of esters is 1. The quantitative estimate of drug-likeness (QED) is 0.449. The second-order valence-electron chi connectivity index (χ2n) is 2.41. The number of hydrogen-bond acceptors (Lipinski definition) is 5. The van der Waals surface area contributed by atoms with Crippen molar-refractivity contribution in [1.82, 2.24) is 5.06 Å². The fraction of sp³-hybridized carbons (Fsp3) is 0.714. The summed E-state index contributed by atoms with van der Waals surface area (Å²) in [5.41, 5.74) is 5.40. The van der Waals surface area contributed by atoms with Crippen molar-refractivity contribution in [3.8, 4) is 0 Å². The lowest BCUT2D eigenvalue weighted by Crippen LogP contribution is -2.42. The molecule has 0 aromatic carbocycles. The molecule has 0 aliphatic heterocycles. The van der Waals surface area contributed by atoms with E-state index < -0.39 is 17.9 Å². The number of hydroxylamine groups is 2. The Kier molecular flexibility index (Phi) is 5.01. The monoisotopic (exact) mass is 190 g/mol. The van der Waals surface area contributed by atoms with Crippen molar-refractivity contribution in [2.75, 3.05) is 21.3 Å². The van der Waals surface area contributed by atoms with Gasteiger partial charge in [0.2, 0.25) is 0 Å². The van der Waals surface area contributed by atoms with Crippen molar-refractivity contribution in [1.29, 1.82) is 0 Å². The lowest BCUT2D eigenvalue weighted by atomic mass is 10.2. The van der Waals surface area contributed by atoms with Gasteiger partial charge in [-0.15, -0.1) is 0 Å². The lowest BCUT2D eigenvalue weighted by Gasteiger charge is -2.17. The van der Waals surface area contributed by atoms with Crippen LogP contribution < -0.4 is 5.73 Å². The van der Waals surface area contributed by atoms with E-state index in [1.807, 2.05) is 0 Å². The first-order valence-electron chi connectivity index (χ1n) is 3.67. The maximum Gasteiger partial charge on any atom is 0.307 e. The number of carbonyl (C=O) groups excluding carboxylic acids is 2. The summed E-state index contributed by atoms with van der Waals surface area (Å²) in [5.74, 6) is -0.988. The Balaban J connectivity index is 4.03. The van der Waals surface area contributed by atoms with Crippen LogP contribution in [0.1, 0.15) is 6.42 Å². The van der Waals surface area contributed by atoms with E-state index in [1.54, 1.807) is 0 Å². The Morgan fingerprint density at radius 2 is 2.00 bits per heavy atom. The molecule has 1 atom stereocenters. The topological polar surface area (TPSA) is 81.9 Å². The summed E-state index contributed by atoms with van der Waals surface area (Å²) in [7, 11) is 3.99. The molecule has 0 unspecified atom stereocenters. The van der Waals surface area contributed by atoms with Crippen LogP contribution in [-0.2, 0) is 19.2 Å². The molecule has 0 saturated heterocycles. The van der Waals surface area contributed by atoms with Crippen molar-refractivity contribution in [2.45, 2.75) is 12.5 Å². The van der Waals surface area contributed by atoms with Gasteiger partial charge in [0, 0.05) is 7.05 Å². The highest BCUT2D eigenvalue weighted by Gasteiger charge is 2.21. The normalized spacial score (nSPS) is 12.0. The van der Waals surface area contributed by atoms with Crippen molar-refractivity contribution in [3.63, 3.8) is 0 Å². The van der Waals surface area contributed by atoms with Crippen LogP contribution >= 0.6 is 0 Å². The van der Waals surface area contributed by atoms with E-state index in [2.05, 4.69) is 9.57 Å². The number of hydrogen-bond donors (Lipinski definition) is 1. The third-order valence-electron chi connectivity index (χ3n) is 1.52. The predicted octanol–water partition coefficient (Wildman–Crippen LogP) is -1.10. The molecule has 0 aromatic rings. The van der Waals surface area contributed by atoms with Gasteiger partial charge in [0.25, 0.3) is 5.91 Å². The fourth-order valence-corrected chi connectivity index (χ4v) is 0.674. The summed E-state index contributed by atoms with van der Waals surface area (Å²) in [6.07, 6.45) is -0.150. The molecule has 0 fully saturated rings. The Morgan fingerprint density at radius 3 is 2.38 bits per heavy atom. The highest BCUT2D eigenvalue weighted by molar-refractivity contribution is 5.85. The van der Waals surface area contributed by atoms with E-state index in [0.29, 0.717) is 0 Å². The van der Waals surface area contributed by atoms with E-state index in [-0.39, 0.29) is 6.42 Å². The number of rotatable bonds is 4. The third kappa shape index (κ3) is 3.86. The van der Waals surface area contributed by atoms with Gasteiger partial charge in [-0.25, -0.2) is 5.06 Å². The van der Waals surface area contributed by atoms with Gasteiger partial charge in [-0.05, 0) is 0 Å². The van der Waals surface area contributed by atoms with Crippen LogP contribution in [0.15, 0.2) is 0 Å². The molecule has 0 radical (unpaired) electrons. The van der Waals surface area contributed by atoms with Crippen molar-refractivity contribution >= 4 is 11.9 Å². The zero-order valence-corrected chi connectivity index (χ0v) is 7.94. The number of nitrogens with zero attached hydrogens (tertiary/aromatic N) is 1. The summed E-state index contributed by atoms with van der Waals surface area (Å²) < 4.78 is 4.35. The second kappa shape index (κ2) is 5.50. The molecule has 13 heavy (non-hydrogen) atoms. The molecule has 6 heteroatoms. The number of methoxy groups -OCH3 is 1. The van der Waals surface area contributed by atoms with Crippen molar-refractivity contribution in [3.05, 3.63) is 0 Å². The minimum atomic E-state index is -0.919. The number of amides is 1. The maximum absolute atomic E-state index is 11.2. The summed E-state index contributed by atoms with van der Waals surface area (Å²) in [5, 5.41) is 0.966. The van der Waals surface area contributed by atoms with Crippen LogP contribution in [0.25, 0.3) is 0 Å². The molecule has 0 rings (SSSR count). The summed E-state index contributed by atoms with van der Waals surface area (Å²) in [6, 6.07) is -0.919. The Hall–Kier alpha value is -1.14. The lowest BCUT2D eigenvalue weighted by molar-refractivity contribution is -0.171. The molecule has 2 N–H and O–H groups in total. The fourth-order valence-electron chi connectivity index (χ4n) is 0.674. The Bertz CT molecular complexity index is 195. The molecule has 0 aromatic heterocycles. The third-order valence-corrected chi connectivity index (χ3v) is 1.52. The molecule has 1 amide bonds. The van der Waals surface area contributed by atoms with Crippen LogP contribution in [0.5, 0.6) is 0 Å². The van der Waals surface area contributed by atoms with Gasteiger partial charge in [0.15, 0.2) is 0 Å². The van der Waals surface area contributed by atoms with Gasteiger partial charge in [0.1, 0.15) is 0 Å². The SMILES string of the molecule is COC(=O)C[C@H](N)C(=O)N(C)OC. The second-order valence-corrected chi connectivity index (χ2v) is 2.41. The van der Waals surface area contributed by atoms with Crippen LogP contribution in [0.3, 0.4) is 0 Å². The largest absolute Gasteiger partial charge is 0.469 e. The highest BCUT2D eigenvalue weighted by Crippen LogP contribution is 1.96. The molecule has 0 bridgehead atoms. The highest BCUT2D eigenvalue weighted by atomic mass is 16.7. The summed E-state index contributed by atoms with van der Waals surface area (Å²) in [4.78, 5) is 26.5. The Labute approximate surface area is 76.5 Å². The zero-order chi connectivity index (χ0) is 10.4. The Morgan fingerprint density at radius 1 is 1.46 bits per heavy atom. The first-order valence-corrected chi connectivity index (χ1v) is 3.67. The number of carbonyl (C=O) groups is 2. The van der Waals surface area contributed by atoms with E-state index in [9.17, 15) is 9.59 Å². The van der Waals surface area contributed by atoms with E-state index in [4.69, 9.17) is 5.73 Å². The molecule has 0 aliphatic rings. The number of likely N-dealkylation sites (N-methyl/N-ethyl adjacent to an activating group) is 1. The van der Waals surface area contributed by atoms with Gasteiger partial charge >= 0.3 is 5.97 Å².